The van der Waals surface area contributed by atoms with Crippen molar-refractivity contribution in [2.24, 2.45) is 0 Å². The molecule has 50 heavy (non-hydrogen) atoms. The number of anilines is 2. The number of aromatic nitrogens is 4. The monoisotopic (exact) mass is 643 g/mol. The highest BCUT2D eigenvalue weighted by Crippen LogP contribution is 2.54. The van der Waals surface area contributed by atoms with Crippen LogP contribution in [0.4, 0.5) is 11.4 Å². The fourth-order valence-electron chi connectivity index (χ4n) is 7.55. The molecule has 0 fully saturated rings. The second kappa shape index (κ2) is 11.5. The third kappa shape index (κ3) is 4.57. The molecule has 2 unspecified atom stereocenters. The average molecular weight is 644 g/mol. The lowest BCUT2D eigenvalue weighted by atomic mass is 9.82. The molecule has 0 N–H and O–H groups in total. The molecule has 3 aromatic heterocycles. The lowest BCUT2D eigenvalue weighted by molar-refractivity contribution is 0.584. The van der Waals surface area contributed by atoms with Crippen LogP contribution in [0.2, 0.25) is 0 Å². The minimum Gasteiger partial charge on any atom is -0.456 e. The van der Waals surface area contributed by atoms with E-state index in [0.717, 1.165) is 44.7 Å². The zero-order valence-corrected chi connectivity index (χ0v) is 26.9. The van der Waals surface area contributed by atoms with E-state index in [9.17, 15) is 0 Å². The van der Waals surface area contributed by atoms with E-state index in [1.165, 1.54) is 22.5 Å². The van der Waals surface area contributed by atoms with Crippen molar-refractivity contribution in [2.75, 3.05) is 4.90 Å². The van der Waals surface area contributed by atoms with Gasteiger partial charge in [0, 0.05) is 56.7 Å². The Morgan fingerprint density at radius 3 is 1.92 bits per heavy atom. The van der Waals surface area contributed by atoms with Crippen LogP contribution in [0.5, 0.6) is 0 Å². The summed E-state index contributed by atoms with van der Waals surface area (Å²) in [7, 11) is 0. The maximum absolute atomic E-state index is 6.74. The standard InChI is InChI=1S/C44H29N5O/c1-4-14-28(15-5-1)42-46-43(29-16-6-2-7-17-29)48-44(47-42)33-27-39-34(26-32(33)35-21-12-13-25-45-35)41-38(50-39)24-23-37-40(41)31-20-10-11-22-36(31)49(37)30-18-8-3-9-19-30/h1-27,37,40H. The Bertz CT molecular complexity index is 2490. The van der Waals surface area contributed by atoms with E-state index in [1.54, 1.807) is 0 Å². The minimum atomic E-state index is 0.0848. The van der Waals surface area contributed by atoms with Crippen molar-refractivity contribution in [3.63, 3.8) is 0 Å². The number of hydrogen-bond donors (Lipinski definition) is 0. The number of benzene rings is 5. The van der Waals surface area contributed by atoms with Gasteiger partial charge in [0.05, 0.1) is 11.7 Å². The molecule has 8 aromatic rings. The number of hydrogen-bond acceptors (Lipinski definition) is 6. The highest BCUT2D eigenvalue weighted by Gasteiger charge is 2.43. The maximum atomic E-state index is 6.74. The summed E-state index contributed by atoms with van der Waals surface area (Å²) >= 11 is 0. The molecule has 0 bridgehead atoms. The summed E-state index contributed by atoms with van der Waals surface area (Å²) in [5.41, 5.74) is 10.1. The Kier molecular flexibility index (Phi) is 6.52. The predicted octanol–water partition coefficient (Wildman–Crippen LogP) is 10.4. The van der Waals surface area contributed by atoms with E-state index >= 15 is 0 Å². The van der Waals surface area contributed by atoms with Gasteiger partial charge in [-0.1, -0.05) is 109 Å². The molecule has 6 nitrogen and oxygen atoms in total. The first-order valence-corrected chi connectivity index (χ1v) is 16.8. The van der Waals surface area contributed by atoms with Gasteiger partial charge in [0.1, 0.15) is 11.3 Å². The van der Waals surface area contributed by atoms with E-state index in [-0.39, 0.29) is 12.0 Å². The highest BCUT2D eigenvalue weighted by atomic mass is 16.3. The van der Waals surface area contributed by atoms with Gasteiger partial charge in [-0.15, -0.1) is 0 Å². The fourth-order valence-corrected chi connectivity index (χ4v) is 7.55. The van der Waals surface area contributed by atoms with Gasteiger partial charge < -0.3 is 9.32 Å². The normalized spacial score (nSPS) is 15.9. The number of fused-ring (bicyclic) bond motifs is 7. The molecule has 1 aliphatic heterocycles. The molecule has 4 heterocycles. The number of para-hydroxylation sites is 2. The van der Waals surface area contributed by atoms with Crippen molar-refractivity contribution in [1.29, 1.82) is 0 Å². The SMILES string of the molecule is C1=CC2C(c3ccccc3N2c2ccccc2)c2c1oc1cc(-c3nc(-c4ccccc4)nc(-c4ccccc4)n3)c(-c3ccccn3)cc21. The quantitative estimate of drug-likeness (QED) is 0.186. The van der Waals surface area contributed by atoms with Gasteiger partial charge in [0.2, 0.25) is 0 Å². The van der Waals surface area contributed by atoms with Crippen molar-refractivity contribution >= 4 is 28.4 Å². The molecule has 0 radical (unpaired) electrons. The largest absolute Gasteiger partial charge is 0.456 e. The Morgan fingerprint density at radius 2 is 1.22 bits per heavy atom. The lowest BCUT2D eigenvalue weighted by Crippen LogP contribution is -2.30. The summed E-state index contributed by atoms with van der Waals surface area (Å²) in [4.78, 5) is 22.4. The Morgan fingerprint density at radius 1 is 0.580 bits per heavy atom. The Balaban J connectivity index is 1.21. The van der Waals surface area contributed by atoms with E-state index in [2.05, 4.69) is 83.8 Å². The van der Waals surface area contributed by atoms with Gasteiger partial charge in [0.15, 0.2) is 17.5 Å². The summed E-state index contributed by atoms with van der Waals surface area (Å²) in [5.74, 6) is 2.73. The van der Waals surface area contributed by atoms with Gasteiger partial charge in [0.25, 0.3) is 0 Å². The first-order valence-electron chi connectivity index (χ1n) is 16.8. The van der Waals surface area contributed by atoms with Crippen molar-refractivity contribution in [3.05, 3.63) is 175 Å². The lowest BCUT2D eigenvalue weighted by Gasteiger charge is -2.30. The molecular weight excluding hydrogens is 615 g/mol. The van der Waals surface area contributed by atoms with Crippen LogP contribution in [-0.4, -0.2) is 26.0 Å². The van der Waals surface area contributed by atoms with Gasteiger partial charge in [-0.3, -0.25) is 4.98 Å². The van der Waals surface area contributed by atoms with Crippen LogP contribution in [0.1, 0.15) is 22.8 Å². The molecule has 236 valence electrons. The van der Waals surface area contributed by atoms with Crippen molar-refractivity contribution in [2.45, 2.75) is 12.0 Å². The summed E-state index contributed by atoms with van der Waals surface area (Å²) in [6.07, 6.45) is 6.26. The van der Waals surface area contributed by atoms with E-state index < -0.39 is 0 Å². The molecule has 2 atom stereocenters. The van der Waals surface area contributed by atoms with E-state index in [4.69, 9.17) is 24.4 Å². The van der Waals surface area contributed by atoms with Crippen LogP contribution >= 0.6 is 0 Å². The molecule has 0 amide bonds. The molecular formula is C44H29N5O. The molecule has 0 saturated heterocycles. The molecule has 6 heteroatoms. The smallest absolute Gasteiger partial charge is 0.164 e. The molecule has 2 aliphatic rings. The Labute approximate surface area is 289 Å². The second-order valence-electron chi connectivity index (χ2n) is 12.6. The number of furan rings is 1. The summed E-state index contributed by atoms with van der Waals surface area (Å²) in [6.45, 7) is 0. The number of pyridine rings is 1. The predicted molar refractivity (Wildman–Crippen MR) is 199 cm³/mol. The number of rotatable bonds is 5. The van der Waals surface area contributed by atoms with Crippen LogP contribution in [-0.2, 0) is 0 Å². The van der Waals surface area contributed by atoms with E-state index in [0.29, 0.717) is 17.5 Å². The zero-order chi connectivity index (χ0) is 33.0. The first kappa shape index (κ1) is 28.4. The summed E-state index contributed by atoms with van der Waals surface area (Å²) < 4.78 is 6.74. The Hall–Kier alpha value is -6.66. The molecule has 0 saturated carbocycles. The van der Waals surface area contributed by atoms with Crippen molar-refractivity contribution in [3.8, 4) is 45.4 Å². The van der Waals surface area contributed by atoms with Crippen LogP contribution in [0.25, 0.3) is 62.5 Å². The van der Waals surface area contributed by atoms with Gasteiger partial charge >= 0.3 is 0 Å². The second-order valence-corrected chi connectivity index (χ2v) is 12.6. The number of nitrogens with zero attached hydrogens (tertiary/aromatic N) is 5. The summed E-state index contributed by atoms with van der Waals surface area (Å²) in [5, 5.41) is 1.06. The average Bonchev–Trinajstić information content (AvgIpc) is 3.73. The zero-order valence-electron chi connectivity index (χ0n) is 26.9. The van der Waals surface area contributed by atoms with Crippen LogP contribution in [0, 0.1) is 0 Å². The summed E-state index contributed by atoms with van der Waals surface area (Å²) in [6, 6.07) is 49.9. The van der Waals surface area contributed by atoms with Gasteiger partial charge in [-0.05, 0) is 54.1 Å². The van der Waals surface area contributed by atoms with Crippen molar-refractivity contribution < 1.29 is 4.42 Å². The van der Waals surface area contributed by atoms with Crippen LogP contribution < -0.4 is 4.90 Å². The molecule has 5 aromatic carbocycles. The third-order valence-corrected chi connectivity index (χ3v) is 9.74. The first-order chi connectivity index (χ1) is 24.8. The molecule has 0 spiro atoms. The molecule has 1 aliphatic carbocycles. The third-order valence-electron chi connectivity index (χ3n) is 9.74. The van der Waals surface area contributed by atoms with Gasteiger partial charge in [-0.2, -0.15) is 0 Å². The van der Waals surface area contributed by atoms with Gasteiger partial charge in [-0.25, -0.2) is 15.0 Å². The maximum Gasteiger partial charge on any atom is 0.164 e. The van der Waals surface area contributed by atoms with Crippen LogP contribution in [0.3, 0.4) is 0 Å². The topological polar surface area (TPSA) is 67.9 Å². The fraction of sp³-hybridized carbons (Fsp3) is 0.0455. The highest BCUT2D eigenvalue weighted by molar-refractivity contribution is 5.97. The molecule has 10 rings (SSSR count). The minimum absolute atomic E-state index is 0.0848. The van der Waals surface area contributed by atoms with Crippen LogP contribution in [0.15, 0.2) is 162 Å². The van der Waals surface area contributed by atoms with Crippen molar-refractivity contribution in [1.82, 2.24) is 19.9 Å². The van der Waals surface area contributed by atoms with E-state index in [1.807, 2.05) is 85.1 Å².